The molecule has 1 aliphatic carbocycles. The molecule has 0 aromatic heterocycles. The molecule has 1 aromatic carbocycles. The molecule has 142 valence electrons. The summed E-state index contributed by atoms with van der Waals surface area (Å²) in [6.45, 7) is 8.25. The van der Waals surface area contributed by atoms with Crippen LogP contribution < -0.4 is 20.1 Å². The number of fused-ring (bicyclic) bond motifs is 1. The first-order chi connectivity index (χ1) is 12.4. The van der Waals surface area contributed by atoms with Crippen LogP contribution in [0.5, 0.6) is 11.5 Å². The topological polar surface area (TPSA) is 76.7 Å². The van der Waals surface area contributed by atoms with Gasteiger partial charge >= 0.3 is 0 Å². The molecule has 0 unspecified atom stereocenters. The molecule has 6 nitrogen and oxygen atoms in total. The fourth-order valence-electron chi connectivity index (χ4n) is 3.09. The summed E-state index contributed by atoms with van der Waals surface area (Å²) in [5.74, 6) is 2.16. The van der Waals surface area contributed by atoms with Gasteiger partial charge in [-0.3, -0.25) is 9.59 Å². The zero-order valence-electron chi connectivity index (χ0n) is 15.8. The number of ether oxygens (including phenoxy) is 2. The molecule has 1 aromatic rings. The first-order valence-electron chi connectivity index (χ1n) is 9.31. The Morgan fingerprint density at radius 1 is 1.15 bits per heavy atom. The van der Waals surface area contributed by atoms with Crippen molar-refractivity contribution in [3.8, 4) is 11.5 Å². The van der Waals surface area contributed by atoms with Crippen LogP contribution in [-0.2, 0) is 15.0 Å². The van der Waals surface area contributed by atoms with Crippen molar-refractivity contribution in [2.45, 2.75) is 39.0 Å². The van der Waals surface area contributed by atoms with E-state index in [0.717, 1.165) is 23.5 Å². The smallest absolute Gasteiger partial charge is 0.223 e. The van der Waals surface area contributed by atoms with Crippen LogP contribution in [0.15, 0.2) is 18.2 Å². The quantitative estimate of drug-likeness (QED) is 0.780. The third-order valence-corrected chi connectivity index (χ3v) is 5.15. The molecule has 0 spiro atoms. The highest BCUT2D eigenvalue weighted by Gasteiger charge is 2.38. The fourth-order valence-corrected chi connectivity index (χ4v) is 3.09. The molecule has 2 amide bonds. The summed E-state index contributed by atoms with van der Waals surface area (Å²) in [7, 11) is 0. The van der Waals surface area contributed by atoms with Gasteiger partial charge < -0.3 is 20.1 Å². The molecule has 1 saturated carbocycles. The van der Waals surface area contributed by atoms with Crippen LogP contribution in [-0.4, -0.2) is 38.1 Å². The van der Waals surface area contributed by atoms with E-state index < -0.39 is 0 Å². The van der Waals surface area contributed by atoms with Gasteiger partial charge in [-0.25, -0.2) is 0 Å². The second-order valence-electron chi connectivity index (χ2n) is 7.88. The molecule has 0 bridgehead atoms. The summed E-state index contributed by atoms with van der Waals surface area (Å²) in [4.78, 5) is 23.8. The molecule has 2 atom stereocenters. The van der Waals surface area contributed by atoms with E-state index in [0.29, 0.717) is 38.6 Å². The Bertz CT molecular complexity index is 686. The Balaban J connectivity index is 1.45. The van der Waals surface area contributed by atoms with E-state index >= 15 is 0 Å². The van der Waals surface area contributed by atoms with Crippen molar-refractivity contribution in [3.63, 3.8) is 0 Å². The Hall–Kier alpha value is -2.24. The third-order valence-electron chi connectivity index (χ3n) is 5.15. The zero-order chi connectivity index (χ0) is 18.7. The molecule has 1 aliphatic heterocycles. The van der Waals surface area contributed by atoms with Crippen LogP contribution in [0.1, 0.15) is 39.2 Å². The normalized spacial score (nSPS) is 21.0. The summed E-state index contributed by atoms with van der Waals surface area (Å²) >= 11 is 0. The van der Waals surface area contributed by atoms with Crippen molar-refractivity contribution < 1.29 is 19.1 Å². The lowest BCUT2D eigenvalue weighted by atomic mass is 9.84. The van der Waals surface area contributed by atoms with Crippen molar-refractivity contribution in [1.82, 2.24) is 10.6 Å². The zero-order valence-corrected chi connectivity index (χ0v) is 15.8. The van der Waals surface area contributed by atoms with Crippen molar-refractivity contribution >= 4 is 11.8 Å². The molecule has 0 radical (unpaired) electrons. The van der Waals surface area contributed by atoms with E-state index in [2.05, 4.69) is 31.4 Å². The fraction of sp³-hybridized carbons (Fsp3) is 0.600. The molecule has 2 aliphatic rings. The first-order valence-corrected chi connectivity index (χ1v) is 9.31. The van der Waals surface area contributed by atoms with Crippen molar-refractivity contribution in [1.29, 1.82) is 0 Å². The minimum Gasteiger partial charge on any atom is -0.486 e. The lowest BCUT2D eigenvalue weighted by Crippen LogP contribution is -2.38. The van der Waals surface area contributed by atoms with Crippen LogP contribution in [0, 0.1) is 11.8 Å². The summed E-state index contributed by atoms with van der Waals surface area (Å²) in [6.07, 6.45) is 1.26. The second-order valence-corrected chi connectivity index (χ2v) is 7.88. The maximum absolute atomic E-state index is 12.1. The van der Waals surface area contributed by atoms with Crippen LogP contribution in [0.3, 0.4) is 0 Å². The molecule has 1 heterocycles. The number of amides is 2. The van der Waals surface area contributed by atoms with Gasteiger partial charge in [0.15, 0.2) is 11.5 Å². The maximum atomic E-state index is 12.1. The summed E-state index contributed by atoms with van der Waals surface area (Å²) in [6, 6.07) is 5.91. The van der Waals surface area contributed by atoms with E-state index in [1.54, 1.807) is 0 Å². The number of nitrogens with one attached hydrogen (secondary N) is 2. The number of benzene rings is 1. The molecule has 3 rings (SSSR count). The van der Waals surface area contributed by atoms with Crippen molar-refractivity contribution in [2.24, 2.45) is 11.8 Å². The Morgan fingerprint density at radius 2 is 1.85 bits per heavy atom. The van der Waals surface area contributed by atoms with E-state index in [9.17, 15) is 9.59 Å². The van der Waals surface area contributed by atoms with E-state index in [-0.39, 0.29) is 23.1 Å². The standard InChI is InChI=1S/C20H28N2O4/c1-13-10-15(13)19(24)21-7-6-18(23)22-12-20(2,3)14-4-5-16-17(11-14)26-9-8-25-16/h4-5,11,13,15H,6-10,12H2,1-3H3,(H,21,24)(H,22,23)/t13-,15+/m1/s1. The molecule has 6 heteroatoms. The summed E-state index contributed by atoms with van der Waals surface area (Å²) in [5, 5.41) is 5.81. The number of hydrogen-bond donors (Lipinski definition) is 2. The van der Waals surface area contributed by atoms with Gasteiger partial charge in [-0.05, 0) is 30.0 Å². The van der Waals surface area contributed by atoms with E-state index in [4.69, 9.17) is 9.47 Å². The number of carbonyl (C=O) groups is 2. The molecular formula is C20H28N2O4. The highest BCUT2D eigenvalue weighted by molar-refractivity contribution is 5.82. The van der Waals surface area contributed by atoms with Gasteiger partial charge in [0.2, 0.25) is 11.8 Å². The largest absolute Gasteiger partial charge is 0.486 e. The van der Waals surface area contributed by atoms with Gasteiger partial charge in [-0.1, -0.05) is 26.8 Å². The van der Waals surface area contributed by atoms with Crippen LogP contribution in [0.4, 0.5) is 0 Å². The molecule has 26 heavy (non-hydrogen) atoms. The highest BCUT2D eigenvalue weighted by Crippen LogP contribution is 2.37. The number of carbonyl (C=O) groups excluding carboxylic acids is 2. The molecule has 2 N–H and O–H groups in total. The van der Waals surface area contributed by atoms with Crippen LogP contribution >= 0.6 is 0 Å². The summed E-state index contributed by atoms with van der Waals surface area (Å²) in [5.41, 5.74) is 0.844. The molecule has 0 saturated heterocycles. The minimum absolute atomic E-state index is 0.0558. The molecular weight excluding hydrogens is 332 g/mol. The summed E-state index contributed by atoms with van der Waals surface area (Å²) < 4.78 is 11.2. The lowest BCUT2D eigenvalue weighted by Gasteiger charge is -2.28. The predicted octanol–water partition coefficient (Wildman–Crippen LogP) is 2.01. The van der Waals surface area contributed by atoms with Crippen molar-refractivity contribution in [3.05, 3.63) is 23.8 Å². The molecule has 1 fully saturated rings. The maximum Gasteiger partial charge on any atom is 0.223 e. The van der Waals surface area contributed by atoms with E-state index in [1.165, 1.54) is 0 Å². The van der Waals surface area contributed by atoms with Crippen molar-refractivity contribution in [2.75, 3.05) is 26.3 Å². The van der Waals surface area contributed by atoms with Gasteiger partial charge in [0, 0.05) is 30.8 Å². The van der Waals surface area contributed by atoms with Gasteiger partial charge in [-0.2, -0.15) is 0 Å². The first kappa shape index (κ1) is 18.5. The van der Waals surface area contributed by atoms with E-state index in [1.807, 2.05) is 18.2 Å². The lowest BCUT2D eigenvalue weighted by molar-refractivity contribution is -0.123. The highest BCUT2D eigenvalue weighted by atomic mass is 16.6. The average Bonchev–Trinajstić information content (AvgIpc) is 3.36. The Kier molecular flexibility index (Phi) is 5.39. The monoisotopic (exact) mass is 360 g/mol. The van der Waals surface area contributed by atoms with Gasteiger partial charge in [-0.15, -0.1) is 0 Å². The van der Waals surface area contributed by atoms with Gasteiger partial charge in [0.05, 0.1) is 0 Å². The predicted molar refractivity (Wildman–Crippen MR) is 98.4 cm³/mol. The van der Waals surface area contributed by atoms with Crippen LogP contribution in [0.2, 0.25) is 0 Å². The number of rotatable bonds is 7. The number of hydrogen-bond acceptors (Lipinski definition) is 4. The SMILES string of the molecule is C[C@@H]1C[C@@H]1C(=O)NCCC(=O)NCC(C)(C)c1ccc2c(c1)OCCO2. The third kappa shape index (κ3) is 4.48. The minimum atomic E-state index is -0.238. The Morgan fingerprint density at radius 3 is 2.54 bits per heavy atom. The van der Waals surface area contributed by atoms with Gasteiger partial charge in [0.25, 0.3) is 0 Å². The Labute approximate surface area is 154 Å². The average molecular weight is 360 g/mol. The van der Waals surface area contributed by atoms with Gasteiger partial charge in [0.1, 0.15) is 13.2 Å². The van der Waals surface area contributed by atoms with Crippen LogP contribution in [0.25, 0.3) is 0 Å². The second kappa shape index (κ2) is 7.56.